The van der Waals surface area contributed by atoms with Crippen LogP contribution in [0.25, 0.3) is 16.7 Å². The normalized spacial score (nSPS) is 11.4. The Bertz CT molecular complexity index is 650. The van der Waals surface area contributed by atoms with Gasteiger partial charge in [-0.15, -0.1) is 0 Å². The molecule has 0 aliphatic carbocycles. The number of allylic oxidation sites excluding steroid dienone is 1. The summed E-state index contributed by atoms with van der Waals surface area (Å²) in [6.45, 7) is 1.74. The molecule has 0 radical (unpaired) electrons. The highest BCUT2D eigenvalue weighted by atomic mass is 35.5. The highest BCUT2D eigenvalue weighted by Gasteiger charge is 2.05. The third-order valence-electron chi connectivity index (χ3n) is 2.72. The predicted octanol–water partition coefficient (Wildman–Crippen LogP) is 3.89. The van der Waals surface area contributed by atoms with Crippen molar-refractivity contribution in [2.24, 2.45) is 0 Å². The quantitative estimate of drug-likeness (QED) is 0.863. The van der Waals surface area contributed by atoms with E-state index in [1.807, 2.05) is 30.3 Å². The van der Waals surface area contributed by atoms with Gasteiger partial charge in [0.1, 0.15) is 0 Å². The molecule has 0 atom stereocenters. The highest BCUT2D eigenvalue weighted by Crippen LogP contribution is 2.28. The topological polar surface area (TPSA) is 50.2 Å². The molecule has 0 spiro atoms. The first-order valence-electron chi connectivity index (χ1n) is 5.69. The van der Waals surface area contributed by atoms with E-state index in [-0.39, 0.29) is 0 Å². The summed E-state index contributed by atoms with van der Waals surface area (Å²) >= 11 is 6.14. The van der Waals surface area contributed by atoms with Gasteiger partial charge in [-0.2, -0.15) is 0 Å². The van der Waals surface area contributed by atoms with Crippen LogP contribution >= 0.6 is 11.6 Å². The van der Waals surface area contributed by atoms with Crippen LogP contribution in [0.4, 0.5) is 0 Å². The van der Waals surface area contributed by atoms with Crippen molar-refractivity contribution in [1.29, 1.82) is 0 Å². The second-order valence-electron chi connectivity index (χ2n) is 4.11. The van der Waals surface area contributed by atoms with Crippen LogP contribution in [0.2, 0.25) is 5.02 Å². The smallest absolute Gasteiger partial charge is 0.328 e. The van der Waals surface area contributed by atoms with Gasteiger partial charge in [0.2, 0.25) is 0 Å². The number of hydrogen-bond acceptors (Lipinski definition) is 2. The lowest BCUT2D eigenvalue weighted by atomic mass is 10.0. The Hall–Kier alpha value is -2.13. The van der Waals surface area contributed by atoms with Gasteiger partial charge in [-0.05, 0) is 30.2 Å². The number of rotatable bonds is 3. The molecule has 0 bridgehead atoms. The van der Waals surface area contributed by atoms with Crippen molar-refractivity contribution in [2.45, 2.75) is 6.92 Å². The van der Waals surface area contributed by atoms with Gasteiger partial charge < -0.3 is 5.11 Å². The van der Waals surface area contributed by atoms with Crippen molar-refractivity contribution < 1.29 is 9.90 Å². The third-order valence-corrected chi connectivity index (χ3v) is 3.05. The van der Waals surface area contributed by atoms with Crippen LogP contribution in [0.5, 0.6) is 0 Å². The van der Waals surface area contributed by atoms with Crippen molar-refractivity contribution >= 4 is 23.1 Å². The lowest BCUT2D eigenvalue weighted by Gasteiger charge is -2.06. The van der Waals surface area contributed by atoms with E-state index < -0.39 is 5.97 Å². The van der Waals surface area contributed by atoms with E-state index in [1.165, 1.54) is 0 Å². The summed E-state index contributed by atoms with van der Waals surface area (Å²) in [5.41, 5.74) is 3.15. The molecule has 0 aliphatic rings. The molecular weight excluding hydrogens is 262 g/mol. The summed E-state index contributed by atoms with van der Waals surface area (Å²) in [4.78, 5) is 14.8. The number of carboxylic acids is 1. The van der Waals surface area contributed by atoms with Crippen LogP contribution in [-0.4, -0.2) is 16.1 Å². The van der Waals surface area contributed by atoms with E-state index in [0.717, 1.165) is 22.8 Å². The number of nitrogens with zero attached hydrogens (tertiary/aromatic N) is 1. The number of benzene rings is 1. The Labute approximate surface area is 116 Å². The average molecular weight is 274 g/mol. The molecule has 3 nitrogen and oxygen atoms in total. The maximum atomic E-state index is 10.7. The van der Waals surface area contributed by atoms with Crippen LogP contribution in [-0.2, 0) is 4.79 Å². The van der Waals surface area contributed by atoms with Gasteiger partial charge in [0.15, 0.2) is 0 Å². The molecule has 0 saturated carbocycles. The van der Waals surface area contributed by atoms with Crippen LogP contribution in [0.15, 0.2) is 48.8 Å². The second-order valence-corrected chi connectivity index (χ2v) is 4.51. The Balaban J connectivity index is 2.46. The zero-order valence-corrected chi connectivity index (χ0v) is 11.1. The molecule has 19 heavy (non-hydrogen) atoms. The van der Waals surface area contributed by atoms with Gasteiger partial charge in [0, 0.05) is 34.6 Å². The molecule has 0 fully saturated rings. The SMILES string of the molecule is C/C(=C\C(=O)O)c1cncc(-c2ccccc2Cl)c1. The maximum Gasteiger partial charge on any atom is 0.328 e. The number of aromatic nitrogens is 1. The molecular formula is C15H12ClNO2. The predicted molar refractivity (Wildman–Crippen MR) is 76.0 cm³/mol. The molecule has 2 rings (SSSR count). The zero-order valence-electron chi connectivity index (χ0n) is 10.3. The lowest BCUT2D eigenvalue weighted by Crippen LogP contribution is -1.91. The Morgan fingerprint density at radius 1 is 1.32 bits per heavy atom. The van der Waals surface area contributed by atoms with E-state index in [4.69, 9.17) is 16.7 Å². The molecule has 0 unspecified atom stereocenters. The van der Waals surface area contributed by atoms with Gasteiger partial charge in [-0.1, -0.05) is 29.8 Å². The van der Waals surface area contributed by atoms with Gasteiger partial charge in [-0.3, -0.25) is 4.98 Å². The number of pyridine rings is 1. The Morgan fingerprint density at radius 3 is 2.74 bits per heavy atom. The monoisotopic (exact) mass is 273 g/mol. The van der Waals surface area contributed by atoms with Crippen molar-refractivity contribution in [3.8, 4) is 11.1 Å². The largest absolute Gasteiger partial charge is 0.478 e. The maximum absolute atomic E-state index is 10.7. The first-order chi connectivity index (χ1) is 9.08. The fourth-order valence-electron chi connectivity index (χ4n) is 1.77. The second kappa shape index (κ2) is 5.67. The fraction of sp³-hybridized carbons (Fsp3) is 0.0667. The standard InChI is InChI=1S/C15H12ClNO2/c1-10(6-15(18)19)11-7-12(9-17-8-11)13-4-2-3-5-14(13)16/h2-9H,1H3,(H,18,19)/b10-6+. The average Bonchev–Trinajstić information content (AvgIpc) is 2.38. The fourth-order valence-corrected chi connectivity index (χ4v) is 2.01. The molecule has 2 aromatic rings. The number of hydrogen-bond donors (Lipinski definition) is 1. The van der Waals surface area contributed by atoms with Crippen LogP contribution < -0.4 is 0 Å². The van der Waals surface area contributed by atoms with Crippen molar-refractivity contribution in [3.63, 3.8) is 0 Å². The summed E-state index contributed by atoms with van der Waals surface area (Å²) in [6.07, 6.45) is 4.50. The lowest BCUT2D eigenvalue weighted by molar-refractivity contribution is -0.131. The molecule has 1 N–H and O–H groups in total. The van der Waals surface area contributed by atoms with E-state index in [9.17, 15) is 4.79 Å². The molecule has 0 saturated heterocycles. The van der Waals surface area contributed by atoms with Crippen LogP contribution in [0, 0.1) is 0 Å². The highest BCUT2D eigenvalue weighted by molar-refractivity contribution is 6.33. The molecule has 1 heterocycles. The number of carboxylic acid groups (broad SMARTS) is 1. The minimum Gasteiger partial charge on any atom is -0.478 e. The number of halogens is 1. The zero-order chi connectivity index (χ0) is 13.8. The summed E-state index contributed by atoms with van der Waals surface area (Å²) < 4.78 is 0. The molecule has 0 amide bonds. The minimum absolute atomic E-state index is 0.640. The summed E-state index contributed by atoms with van der Waals surface area (Å²) in [5.74, 6) is -0.972. The van der Waals surface area contributed by atoms with Crippen molar-refractivity contribution in [1.82, 2.24) is 4.98 Å². The molecule has 1 aromatic heterocycles. The van der Waals surface area contributed by atoms with Gasteiger partial charge >= 0.3 is 5.97 Å². The van der Waals surface area contributed by atoms with Gasteiger partial charge in [0.05, 0.1) is 0 Å². The Morgan fingerprint density at radius 2 is 2.05 bits per heavy atom. The van der Waals surface area contributed by atoms with Crippen molar-refractivity contribution in [2.75, 3.05) is 0 Å². The Kier molecular flexibility index (Phi) is 3.97. The van der Waals surface area contributed by atoms with Gasteiger partial charge in [0.25, 0.3) is 0 Å². The molecule has 96 valence electrons. The number of aliphatic carboxylic acids is 1. The van der Waals surface area contributed by atoms with E-state index in [2.05, 4.69) is 4.98 Å². The minimum atomic E-state index is -0.972. The number of carbonyl (C=O) groups is 1. The van der Waals surface area contributed by atoms with Crippen molar-refractivity contribution in [3.05, 3.63) is 59.4 Å². The van der Waals surface area contributed by atoms with Crippen LogP contribution in [0.1, 0.15) is 12.5 Å². The molecule has 4 heteroatoms. The summed E-state index contributed by atoms with van der Waals surface area (Å²) in [5, 5.41) is 9.40. The van der Waals surface area contributed by atoms with Crippen LogP contribution in [0.3, 0.4) is 0 Å². The molecule has 0 aliphatic heterocycles. The molecule has 1 aromatic carbocycles. The first kappa shape index (κ1) is 13.3. The third kappa shape index (κ3) is 3.20. The van der Waals surface area contributed by atoms with Gasteiger partial charge in [-0.25, -0.2) is 4.79 Å². The summed E-state index contributed by atoms with van der Waals surface area (Å²) in [7, 11) is 0. The first-order valence-corrected chi connectivity index (χ1v) is 6.07. The van der Waals surface area contributed by atoms with E-state index in [1.54, 1.807) is 19.3 Å². The van der Waals surface area contributed by atoms with E-state index in [0.29, 0.717) is 10.6 Å². The summed E-state index contributed by atoms with van der Waals surface area (Å²) in [6, 6.07) is 9.35. The van der Waals surface area contributed by atoms with E-state index >= 15 is 0 Å².